The quantitative estimate of drug-likeness (QED) is 0.267. The molecule has 9 heteroatoms. The number of hydrogen-bond acceptors (Lipinski definition) is 5. The summed E-state index contributed by atoms with van der Waals surface area (Å²) in [6, 6.07) is 16.8. The van der Waals surface area contributed by atoms with Crippen molar-refractivity contribution >= 4 is 68.3 Å². The van der Waals surface area contributed by atoms with Crippen molar-refractivity contribution in [3.63, 3.8) is 0 Å². The van der Waals surface area contributed by atoms with Gasteiger partial charge < -0.3 is 15.0 Å². The number of likely N-dealkylation sites (N-methyl/N-ethyl adjacent to an activating group) is 1. The van der Waals surface area contributed by atoms with E-state index in [0.29, 0.717) is 27.0 Å². The fraction of sp³-hybridized carbons (Fsp3) is 0.148. The molecule has 0 unspecified atom stereocenters. The van der Waals surface area contributed by atoms with Gasteiger partial charge >= 0.3 is 0 Å². The number of hydrogen-bond donors (Lipinski definition) is 1. The van der Waals surface area contributed by atoms with E-state index >= 15 is 0 Å². The van der Waals surface area contributed by atoms with E-state index in [1.165, 1.54) is 22.3 Å². The van der Waals surface area contributed by atoms with Gasteiger partial charge in [-0.25, -0.2) is 4.98 Å². The smallest absolute Gasteiger partial charge is 0.246 e. The highest BCUT2D eigenvalue weighted by atomic mass is 35.5. The zero-order chi connectivity index (χ0) is 25.7. The van der Waals surface area contributed by atoms with E-state index in [4.69, 9.17) is 27.9 Å². The van der Waals surface area contributed by atoms with Crippen LogP contribution >= 0.6 is 34.5 Å². The van der Waals surface area contributed by atoms with Gasteiger partial charge in [0.15, 0.2) is 0 Å². The number of aryl methyl sites for hydroxylation is 1. The summed E-state index contributed by atoms with van der Waals surface area (Å²) in [5, 5.41) is 3.33. The number of carbonyl (C=O) groups is 2. The summed E-state index contributed by atoms with van der Waals surface area (Å²) >= 11 is 14.6. The van der Waals surface area contributed by atoms with Crippen molar-refractivity contribution in [3.05, 3.63) is 92.9 Å². The molecular formula is C27H23Cl2N3O3S. The number of fused-ring (bicyclic) bond motifs is 1. The monoisotopic (exact) mass is 539 g/mol. The average molecular weight is 540 g/mol. The molecule has 1 aromatic heterocycles. The van der Waals surface area contributed by atoms with Crippen molar-refractivity contribution < 1.29 is 14.3 Å². The second kappa shape index (κ2) is 11.6. The third kappa shape index (κ3) is 6.05. The number of nitrogens with zero attached hydrogens (tertiary/aromatic N) is 2. The number of halogens is 2. The van der Waals surface area contributed by atoms with Gasteiger partial charge in [0.1, 0.15) is 17.9 Å². The molecule has 0 radical (unpaired) electrons. The fourth-order valence-electron chi connectivity index (χ4n) is 3.43. The standard InChI is InChI=1S/C27H23Cl2N3O3S/c1-17-6-8-18(9-7-17)10-13-24(33)30-14-25(34)32(2)21-12-11-20(28)19(26(21)29)15-35-22-4-3-5-23-27(22)31-16-36-23/h3-13,16H,14-15H2,1-2H3,(H,30,33)/b13-10+. The fourth-order valence-corrected chi connectivity index (χ4v) is 4.73. The van der Waals surface area contributed by atoms with Crippen molar-refractivity contribution in [1.82, 2.24) is 10.3 Å². The molecule has 6 nitrogen and oxygen atoms in total. The summed E-state index contributed by atoms with van der Waals surface area (Å²) < 4.78 is 6.99. The molecule has 0 saturated carbocycles. The van der Waals surface area contributed by atoms with E-state index in [1.807, 2.05) is 49.4 Å². The van der Waals surface area contributed by atoms with Crippen LogP contribution in [-0.4, -0.2) is 30.4 Å². The van der Waals surface area contributed by atoms with Gasteiger partial charge in [-0.15, -0.1) is 11.3 Å². The van der Waals surface area contributed by atoms with Crippen molar-refractivity contribution in [2.45, 2.75) is 13.5 Å². The topological polar surface area (TPSA) is 71.5 Å². The van der Waals surface area contributed by atoms with Crippen LogP contribution in [0, 0.1) is 6.92 Å². The molecule has 4 rings (SSSR count). The van der Waals surface area contributed by atoms with Crippen LogP contribution in [-0.2, 0) is 16.2 Å². The lowest BCUT2D eigenvalue weighted by Crippen LogP contribution is -2.37. The van der Waals surface area contributed by atoms with E-state index in [9.17, 15) is 9.59 Å². The molecular weight excluding hydrogens is 517 g/mol. The molecule has 0 fully saturated rings. The van der Waals surface area contributed by atoms with Gasteiger partial charge in [-0.2, -0.15) is 0 Å². The molecule has 0 saturated heterocycles. The normalized spacial score (nSPS) is 11.1. The van der Waals surface area contributed by atoms with Gasteiger partial charge in [0.05, 0.1) is 27.5 Å². The van der Waals surface area contributed by atoms with Gasteiger partial charge in [-0.05, 0) is 42.8 Å². The van der Waals surface area contributed by atoms with E-state index in [2.05, 4.69) is 10.3 Å². The minimum Gasteiger partial charge on any atom is -0.486 e. The Bertz CT molecular complexity index is 1430. The van der Waals surface area contributed by atoms with Gasteiger partial charge in [0, 0.05) is 23.7 Å². The van der Waals surface area contributed by atoms with E-state index in [0.717, 1.165) is 21.3 Å². The Labute approximate surface area is 223 Å². The van der Waals surface area contributed by atoms with Crippen LogP contribution in [0.4, 0.5) is 5.69 Å². The summed E-state index contributed by atoms with van der Waals surface area (Å²) in [5.41, 5.74) is 5.57. The van der Waals surface area contributed by atoms with Crippen molar-refractivity contribution in [3.8, 4) is 5.75 Å². The Morgan fingerprint density at radius 3 is 2.67 bits per heavy atom. The molecule has 0 aliphatic carbocycles. The summed E-state index contributed by atoms with van der Waals surface area (Å²) in [6.07, 6.45) is 3.09. The molecule has 0 atom stereocenters. The van der Waals surface area contributed by atoms with Crippen LogP contribution in [0.15, 0.2) is 66.2 Å². The Kier molecular flexibility index (Phi) is 8.25. The maximum atomic E-state index is 12.8. The molecule has 2 amide bonds. The van der Waals surface area contributed by atoms with Crippen LogP contribution in [0.3, 0.4) is 0 Å². The molecule has 0 aliphatic rings. The van der Waals surface area contributed by atoms with Crippen molar-refractivity contribution in [2.24, 2.45) is 0 Å². The number of carbonyl (C=O) groups excluding carboxylic acids is 2. The van der Waals surface area contributed by atoms with Gasteiger partial charge in [-0.1, -0.05) is 59.1 Å². The predicted octanol–water partition coefficient (Wildman–Crippen LogP) is 6.28. The maximum absolute atomic E-state index is 12.8. The van der Waals surface area contributed by atoms with Gasteiger partial charge in [-0.3, -0.25) is 9.59 Å². The SMILES string of the molecule is Cc1ccc(/C=C/C(=O)NCC(=O)N(C)c2ccc(Cl)c(COc3cccc4scnc34)c2Cl)cc1. The zero-order valence-corrected chi connectivity index (χ0v) is 22.0. The number of nitrogens with one attached hydrogen (secondary N) is 1. The first kappa shape index (κ1) is 25.7. The molecule has 0 aliphatic heterocycles. The lowest BCUT2D eigenvalue weighted by molar-refractivity contribution is -0.122. The predicted molar refractivity (Wildman–Crippen MR) is 147 cm³/mol. The van der Waals surface area contributed by atoms with Crippen LogP contribution in [0.5, 0.6) is 5.75 Å². The van der Waals surface area contributed by atoms with Gasteiger partial charge in [0.2, 0.25) is 11.8 Å². The van der Waals surface area contributed by atoms with E-state index in [1.54, 1.807) is 30.8 Å². The minimum absolute atomic E-state index is 0.102. The summed E-state index contributed by atoms with van der Waals surface area (Å²) in [7, 11) is 1.59. The number of rotatable bonds is 8. The summed E-state index contributed by atoms with van der Waals surface area (Å²) in [4.78, 5) is 30.7. The lowest BCUT2D eigenvalue weighted by Gasteiger charge is -2.21. The first-order valence-electron chi connectivity index (χ1n) is 11.0. The molecule has 0 spiro atoms. The van der Waals surface area contributed by atoms with Crippen molar-refractivity contribution in [2.75, 3.05) is 18.5 Å². The third-order valence-corrected chi connectivity index (χ3v) is 7.08. The third-order valence-electron chi connectivity index (χ3n) is 5.51. The summed E-state index contributed by atoms with van der Waals surface area (Å²) in [5.74, 6) is -0.0858. The Morgan fingerprint density at radius 2 is 1.89 bits per heavy atom. The van der Waals surface area contributed by atoms with E-state index in [-0.39, 0.29) is 25.0 Å². The van der Waals surface area contributed by atoms with Crippen LogP contribution in [0.2, 0.25) is 10.0 Å². The summed E-state index contributed by atoms with van der Waals surface area (Å²) in [6.45, 7) is 1.91. The molecule has 36 heavy (non-hydrogen) atoms. The molecule has 1 heterocycles. The maximum Gasteiger partial charge on any atom is 0.246 e. The highest BCUT2D eigenvalue weighted by Crippen LogP contribution is 2.35. The zero-order valence-electron chi connectivity index (χ0n) is 19.6. The largest absolute Gasteiger partial charge is 0.486 e. The number of aromatic nitrogens is 1. The highest BCUT2D eigenvalue weighted by Gasteiger charge is 2.19. The molecule has 1 N–H and O–H groups in total. The number of anilines is 1. The first-order valence-corrected chi connectivity index (χ1v) is 12.7. The second-order valence-electron chi connectivity index (χ2n) is 8.02. The Hall–Kier alpha value is -3.39. The van der Waals surface area contributed by atoms with Crippen LogP contribution < -0.4 is 15.0 Å². The van der Waals surface area contributed by atoms with Crippen LogP contribution in [0.25, 0.3) is 16.3 Å². The van der Waals surface area contributed by atoms with Gasteiger partial charge in [0.25, 0.3) is 0 Å². The first-order chi connectivity index (χ1) is 17.3. The number of thiazole rings is 1. The molecule has 0 bridgehead atoms. The molecule has 3 aromatic carbocycles. The number of benzene rings is 3. The average Bonchev–Trinajstić information content (AvgIpc) is 3.36. The van der Waals surface area contributed by atoms with Crippen molar-refractivity contribution in [1.29, 1.82) is 0 Å². The number of para-hydroxylation sites is 1. The number of amides is 2. The number of ether oxygens (including phenoxy) is 1. The minimum atomic E-state index is -0.371. The Morgan fingerprint density at radius 1 is 1.11 bits per heavy atom. The second-order valence-corrected chi connectivity index (χ2v) is 9.69. The lowest BCUT2D eigenvalue weighted by atomic mass is 10.1. The molecule has 4 aromatic rings. The van der Waals surface area contributed by atoms with Crippen LogP contribution in [0.1, 0.15) is 16.7 Å². The molecule has 184 valence electrons. The Balaban J connectivity index is 1.40. The van der Waals surface area contributed by atoms with E-state index < -0.39 is 0 Å². The highest BCUT2D eigenvalue weighted by molar-refractivity contribution is 7.16.